The number of hydrogen-bond donors (Lipinski definition) is 2. The van der Waals surface area contributed by atoms with E-state index in [4.69, 9.17) is 16.3 Å². The maximum atomic E-state index is 10.6. The van der Waals surface area contributed by atoms with E-state index in [9.17, 15) is 5.11 Å². The fourth-order valence-corrected chi connectivity index (χ4v) is 3.31. The molecule has 0 bridgehead atoms. The van der Waals surface area contributed by atoms with Crippen LogP contribution >= 0.6 is 0 Å². The van der Waals surface area contributed by atoms with Gasteiger partial charge in [-0.05, 0) is 37.3 Å². The van der Waals surface area contributed by atoms with E-state index >= 15 is 0 Å². The highest BCUT2D eigenvalue weighted by atomic mass is 16.3. The molecule has 0 saturated carbocycles. The van der Waals surface area contributed by atoms with Crippen LogP contribution in [0, 0.1) is 22.7 Å². The highest BCUT2D eigenvalue weighted by molar-refractivity contribution is 5.88. The maximum absolute atomic E-state index is 10.6. The molecule has 0 atom stereocenters. The number of nitriles is 2. The fourth-order valence-electron chi connectivity index (χ4n) is 3.31. The summed E-state index contributed by atoms with van der Waals surface area (Å²) in [6, 6.07) is 5.43. The molecule has 0 spiro atoms. The van der Waals surface area contributed by atoms with Crippen molar-refractivity contribution in [1.29, 1.82) is 10.5 Å². The van der Waals surface area contributed by atoms with Gasteiger partial charge in [-0.1, -0.05) is 0 Å². The molecule has 1 aromatic rings. The summed E-state index contributed by atoms with van der Waals surface area (Å²) in [5.41, 5.74) is 8.98. The van der Waals surface area contributed by atoms with Crippen LogP contribution in [0.15, 0.2) is 22.5 Å². The zero-order valence-electron chi connectivity index (χ0n) is 12.7. The zero-order valence-corrected chi connectivity index (χ0v) is 12.7. The summed E-state index contributed by atoms with van der Waals surface area (Å²) in [4.78, 5) is 6.32. The van der Waals surface area contributed by atoms with Crippen molar-refractivity contribution >= 4 is 11.9 Å². The Morgan fingerprint density at radius 1 is 1.26 bits per heavy atom. The lowest BCUT2D eigenvalue weighted by atomic mass is 9.89. The number of aliphatic imine (C=N–C) groups is 1. The smallest absolute Gasteiger partial charge is 0.174 e. The van der Waals surface area contributed by atoms with Crippen molar-refractivity contribution in [3.05, 3.63) is 34.2 Å². The van der Waals surface area contributed by atoms with Crippen molar-refractivity contribution in [3.8, 4) is 17.9 Å². The van der Waals surface area contributed by atoms with Crippen molar-refractivity contribution in [2.75, 3.05) is 18.0 Å². The van der Waals surface area contributed by atoms with E-state index in [1.54, 1.807) is 12.1 Å². The first kappa shape index (κ1) is 14.9. The number of rotatable bonds is 2. The van der Waals surface area contributed by atoms with Gasteiger partial charge in [0, 0.05) is 36.1 Å². The largest absolute Gasteiger partial charge is 0.507 e. The van der Waals surface area contributed by atoms with Gasteiger partial charge in [0.15, 0.2) is 5.70 Å². The maximum Gasteiger partial charge on any atom is 0.174 e. The molecule has 1 aromatic carbocycles. The molecule has 23 heavy (non-hydrogen) atoms. The summed E-state index contributed by atoms with van der Waals surface area (Å²) in [7, 11) is 0. The molecule has 0 amide bonds. The highest BCUT2D eigenvalue weighted by Gasteiger charge is 2.27. The van der Waals surface area contributed by atoms with Crippen LogP contribution in [0.4, 0.5) is 5.69 Å². The van der Waals surface area contributed by atoms with Crippen molar-refractivity contribution in [2.45, 2.75) is 25.7 Å². The summed E-state index contributed by atoms with van der Waals surface area (Å²) in [6.07, 6.45) is 5.35. The number of aryl methyl sites for hydroxylation is 1. The first-order chi connectivity index (χ1) is 11.2. The molecule has 6 heteroatoms. The Hall–Kier alpha value is -2.99. The standard InChI is InChI=1S/C17H17N5O/c18-8-14(20)15(9-19)21-10-12-7-11-3-1-5-22-6-2-4-13(16(11)22)17(12)23/h7,10,23H,1-6,20H2/b15-14-,21-10?. The van der Waals surface area contributed by atoms with Crippen LogP contribution in [-0.4, -0.2) is 24.4 Å². The summed E-state index contributed by atoms with van der Waals surface area (Å²) in [5, 5.41) is 28.3. The number of allylic oxidation sites excluding steroid dienone is 2. The third kappa shape index (κ3) is 2.60. The summed E-state index contributed by atoms with van der Waals surface area (Å²) in [6.45, 7) is 2.07. The molecule has 2 aliphatic heterocycles. The molecular formula is C17H17N5O. The molecule has 0 radical (unpaired) electrons. The Labute approximate surface area is 134 Å². The second kappa shape index (κ2) is 6.02. The van der Waals surface area contributed by atoms with E-state index in [2.05, 4.69) is 9.89 Å². The van der Waals surface area contributed by atoms with Crippen LogP contribution in [0.2, 0.25) is 0 Å². The van der Waals surface area contributed by atoms with Gasteiger partial charge in [0.25, 0.3) is 0 Å². The molecule has 3 N–H and O–H groups in total. The van der Waals surface area contributed by atoms with Crippen molar-refractivity contribution < 1.29 is 5.11 Å². The molecule has 0 fully saturated rings. The molecule has 6 nitrogen and oxygen atoms in total. The van der Waals surface area contributed by atoms with Crippen molar-refractivity contribution in [2.24, 2.45) is 10.7 Å². The van der Waals surface area contributed by atoms with Gasteiger partial charge in [0.05, 0.1) is 0 Å². The monoisotopic (exact) mass is 307 g/mol. The Kier molecular flexibility index (Phi) is 3.91. The SMILES string of the molecule is N#C/C(N)=C(\C#N)N=Cc1cc2c3c(c1O)CCCN3CCC2. The van der Waals surface area contributed by atoms with Gasteiger partial charge in [-0.3, -0.25) is 0 Å². The van der Waals surface area contributed by atoms with Crippen LogP contribution < -0.4 is 10.6 Å². The normalized spacial score (nSPS) is 17.2. The minimum Gasteiger partial charge on any atom is -0.507 e. The van der Waals surface area contributed by atoms with Gasteiger partial charge in [0.2, 0.25) is 0 Å². The second-order valence-corrected chi connectivity index (χ2v) is 5.74. The molecule has 3 rings (SSSR count). The average Bonchev–Trinajstić information content (AvgIpc) is 2.59. The molecule has 2 aliphatic rings. The lowest BCUT2D eigenvalue weighted by molar-refractivity contribution is 0.461. The summed E-state index contributed by atoms with van der Waals surface area (Å²) in [5.74, 6) is 0.215. The quantitative estimate of drug-likeness (QED) is 0.638. The number of benzene rings is 1. The molecule has 2 heterocycles. The van der Waals surface area contributed by atoms with Crippen molar-refractivity contribution in [1.82, 2.24) is 0 Å². The summed E-state index contributed by atoms with van der Waals surface area (Å²) < 4.78 is 0. The van der Waals surface area contributed by atoms with E-state index in [-0.39, 0.29) is 17.1 Å². The number of anilines is 1. The van der Waals surface area contributed by atoms with Crippen LogP contribution in [0.25, 0.3) is 0 Å². The predicted octanol–water partition coefficient (Wildman–Crippen LogP) is 1.73. The van der Waals surface area contributed by atoms with E-state index in [0.717, 1.165) is 44.3 Å². The Morgan fingerprint density at radius 3 is 2.70 bits per heavy atom. The lowest BCUT2D eigenvalue weighted by Crippen LogP contribution is -2.34. The molecule has 116 valence electrons. The van der Waals surface area contributed by atoms with Crippen LogP contribution in [0.5, 0.6) is 5.75 Å². The third-order valence-electron chi connectivity index (χ3n) is 4.34. The first-order valence-electron chi connectivity index (χ1n) is 7.62. The molecule has 0 aliphatic carbocycles. The molecule has 0 unspecified atom stereocenters. The van der Waals surface area contributed by atoms with E-state index in [1.807, 2.05) is 6.07 Å². The number of phenolic OH excluding ortho intramolecular Hbond substituents is 1. The minimum absolute atomic E-state index is 0.139. The Morgan fingerprint density at radius 2 is 2.00 bits per heavy atom. The molecule has 0 saturated heterocycles. The average molecular weight is 307 g/mol. The Bertz CT molecular complexity index is 793. The minimum atomic E-state index is -0.228. The molecule has 0 aromatic heterocycles. The van der Waals surface area contributed by atoms with Gasteiger partial charge in [-0.25, -0.2) is 4.99 Å². The number of aromatic hydroxyl groups is 1. The van der Waals surface area contributed by atoms with Gasteiger partial charge < -0.3 is 15.7 Å². The second-order valence-electron chi connectivity index (χ2n) is 5.74. The van der Waals surface area contributed by atoms with E-state index in [1.165, 1.54) is 17.5 Å². The van der Waals surface area contributed by atoms with Crippen LogP contribution in [0.1, 0.15) is 29.5 Å². The van der Waals surface area contributed by atoms with Gasteiger partial charge in [-0.2, -0.15) is 10.5 Å². The van der Waals surface area contributed by atoms with E-state index in [0.29, 0.717) is 5.56 Å². The number of nitrogens with zero attached hydrogens (tertiary/aromatic N) is 4. The topological polar surface area (TPSA) is 109 Å². The van der Waals surface area contributed by atoms with Gasteiger partial charge in [0.1, 0.15) is 23.6 Å². The molecular weight excluding hydrogens is 290 g/mol. The van der Waals surface area contributed by atoms with Crippen LogP contribution in [0.3, 0.4) is 0 Å². The van der Waals surface area contributed by atoms with E-state index < -0.39 is 0 Å². The number of phenols is 1. The third-order valence-corrected chi connectivity index (χ3v) is 4.34. The fraction of sp³-hybridized carbons (Fsp3) is 0.353. The van der Waals surface area contributed by atoms with Gasteiger partial charge in [-0.15, -0.1) is 0 Å². The van der Waals surface area contributed by atoms with Crippen LogP contribution in [-0.2, 0) is 12.8 Å². The highest BCUT2D eigenvalue weighted by Crippen LogP contribution is 2.41. The van der Waals surface area contributed by atoms with Crippen molar-refractivity contribution in [3.63, 3.8) is 0 Å². The Balaban J connectivity index is 2.06. The summed E-state index contributed by atoms with van der Waals surface area (Å²) >= 11 is 0. The number of hydrogen-bond acceptors (Lipinski definition) is 6. The van der Waals surface area contributed by atoms with Gasteiger partial charge >= 0.3 is 0 Å². The zero-order chi connectivity index (χ0) is 16.4. The lowest BCUT2D eigenvalue weighted by Gasteiger charge is -2.37. The first-order valence-corrected chi connectivity index (χ1v) is 7.62. The predicted molar refractivity (Wildman–Crippen MR) is 87.0 cm³/mol. The number of nitrogens with two attached hydrogens (primary N) is 1.